The number of ether oxygens (including phenoxy) is 3. The number of phenolic OH excluding ortho intramolecular Hbond substituents is 1. The third-order valence-corrected chi connectivity index (χ3v) is 26.1. The standard InChI is InChI=1S/C36H30O3.C19H16O.C17H18O.C17H16O.C10H7.BrH.Mg/c1-37-27-14-10-25(11-15-27)36(26-12-16-28(38-2)17-13-26)20-19-31-32-23-7-8-24(21-23)33(32)34-29-6-4-3-5-22(29)9-18-30(34)35(31)39-36;20-17-10-16-12-5-6-13(9-12)18(16)19-14-4-2-1-3-11(14)7-8-15(17)19;2*18-17-13-9-8-12(10-13)16(17)15-7-3-5-11-4-1-2-6-14(11)15;1-2-6-10-8-4-3-7-9(10)5-1;;/h3-6,9-20,23-24H,7-8,21H2,1-2H3;1-4,7-8,10,12-13,20H,5-6,9H2;1-7,12-13,16-18H,8-10H2;1-7,12-13,16H,8-10H2;1-7H;1H;/q;;;;-1;;+2/p-1. The zero-order valence-corrected chi connectivity index (χ0v) is 63.9. The Balaban J connectivity index is 0.000000105. The van der Waals surface area contributed by atoms with Gasteiger partial charge in [0, 0.05) is 45.2 Å². The maximum absolute atomic E-state index is 12.4. The summed E-state index contributed by atoms with van der Waals surface area (Å²) in [5, 5.41) is 38.6. The first-order chi connectivity index (χ1) is 51.7. The first-order valence-electron chi connectivity index (χ1n) is 38.6. The minimum atomic E-state index is -0.782. The average molecular weight is 1480 g/mol. The third kappa shape index (κ3) is 12.3. The summed E-state index contributed by atoms with van der Waals surface area (Å²) in [5.74, 6) is 9.04. The van der Waals surface area contributed by atoms with Gasteiger partial charge in [0.2, 0.25) is 0 Å². The van der Waals surface area contributed by atoms with Crippen LogP contribution >= 0.6 is 0 Å². The van der Waals surface area contributed by atoms with E-state index in [4.69, 9.17) is 14.2 Å². The van der Waals surface area contributed by atoms with E-state index >= 15 is 0 Å². The molecule has 1 heterocycles. The smallest absolute Gasteiger partial charge is 1.00 e. The summed E-state index contributed by atoms with van der Waals surface area (Å²) in [6.45, 7) is 0. The van der Waals surface area contributed by atoms with Gasteiger partial charge in [-0.2, -0.15) is 0 Å². The van der Waals surface area contributed by atoms with E-state index in [1.165, 1.54) is 168 Å². The molecule has 14 aromatic carbocycles. The number of halogens is 1. The number of methoxy groups -OCH3 is 2. The Morgan fingerprint density at radius 1 is 0.430 bits per heavy atom. The maximum Gasteiger partial charge on any atom is 2.00 e. The number of hydrogen-bond donors (Lipinski definition) is 2. The molecule has 14 aromatic rings. The van der Waals surface area contributed by atoms with Gasteiger partial charge in [-0.15, -0.1) is 47.2 Å². The summed E-state index contributed by atoms with van der Waals surface area (Å²) in [6, 6.07) is 92.0. The number of benzene rings is 14. The topological polar surface area (TPSA) is 85.2 Å². The Morgan fingerprint density at radius 2 is 0.925 bits per heavy atom. The van der Waals surface area contributed by atoms with Crippen LogP contribution < -0.4 is 31.2 Å². The molecule has 6 saturated carbocycles. The third-order valence-electron chi connectivity index (χ3n) is 26.1. The van der Waals surface area contributed by atoms with Crippen molar-refractivity contribution < 1.29 is 46.2 Å². The number of carbonyl (C=O) groups excluding carboxylic acids is 1. The van der Waals surface area contributed by atoms with Gasteiger partial charge in [-0.05, 0) is 248 Å². The zero-order chi connectivity index (χ0) is 70.4. The number of rotatable bonds is 6. The van der Waals surface area contributed by atoms with E-state index in [9.17, 15) is 15.0 Å². The molecule has 9 aliphatic rings. The van der Waals surface area contributed by atoms with Crippen LogP contribution in [0.5, 0.6) is 23.0 Å². The number of phenols is 1. The molecule has 0 spiro atoms. The van der Waals surface area contributed by atoms with Gasteiger partial charge >= 0.3 is 23.1 Å². The van der Waals surface area contributed by atoms with Crippen LogP contribution in [-0.2, 0) is 10.4 Å². The fraction of sp³-hybridized carbons (Fsp3) is 0.263. The van der Waals surface area contributed by atoms with Gasteiger partial charge in [0.25, 0.3) is 0 Å². The molecule has 11 unspecified atom stereocenters. The van der Waals surface area contributed by atoms with Crippen molar-refractivity contribution in [2.24, 2.45) is 23.7 Å². The summed E-state index contributed by atoms with van der Waals surface area (Å²) in [5.41, 5.74) is 11.3. The van der Waals surface area contributed by atoms with Gasteiger partial charge in [-0.25, -0.2) is 0 Å². The molecule has 2 N–H and O–H groups in total. The van der Waals surface area contributed by atoms with E-state index < -0.39 is 5.60 Å². The predicted molar refractivity (Wildman–Crippen MR) is 434 cm³/mol. The summed E-state index contributed by atoms with van der Waals surface area (Å²) in [6.07, 6.45) is 19.5. The first-order valence-corrected chi connectivity index (χ1v) is 38.6. The van der Waals surface area contributed by atoms with Gasteiger partial charge < -0.3 is 41.4 Å². The number of hydrogen-bond acceptors (Lipinski definition) is 6. The molecule has 23 rings (SSSR count). The average Bonchev–Trinajstić information content (AvgIpc) is 1.66. The molecule has 6 nitrogen and oxygen atoms in total. The predicted octanol–water partition coefficient (Wildman–Crippen LogP) is 20.7. The van der Waals surface area contributed by atoms with E-state index in [2.05, 4.69) is 218 Å². The van der Waals surface area contributed by atoms with E-state index in [1.54, 1.807) is 19.8 Å². The van der Waals surface area contributed by atoms with Crippen molar-refractivity contribution in [1.29, 1.82) is 0 Å². The van der Waals surface area contributed by atoms with Gasteiger partial charge in [-0.1, -0.05) is 194 Å². The molecule has 0 amide bonds. The molecule has 11 atom stereocenters. The summed E-state index contributed by atoms with van der Waals surface area (Å²) >= 11 is 0. The van der Waals surface area contributed by atoms with Gasteiger partial charge in [-0.3, -0.25) is 4.79 Å². The monoisotopic (exact) mass is 1470 g/mol. The number of fused-ring (bicyclic) bond motifs is 28. The molecule has 1 aliphatic heterocycles. The molecule has 0 aromatic heterocycles. The van der Waals surface area contributed by atoms with Crippen LogP contribution in [0.25, 0.3) is 81.5 Å². The van der Waals surface area contributed by atoms with Crippen LogP contribution in [0.1, 0.15) is 163 Å². The van der Waals surface area contributed by atoms with E-state index in [-0.39, 0.29) is 52.1 Å². The number of aliphatic hydroxyl groups is 1. The molecule has 107 heavy (non-hydrogen) atoms. The summed E-state index contributed by atoms with van der Waals surface area (Å²) < 4.78 is 18.3. The van der Waals surface area contributed by atoms with Crippen molar-refractivity contribution in [1.82, 2.24) is 0 Å². The van der Waals surface area contributed by atoms with E-state index in [0.717, 1.165) is 46.6 Å². The quantitative estimate of drug-likeness (QED) is 0.0980. The molecular formula is C99H87BrMgO6. The Kier molecular flexibility index (Phi) is 19.4. The number of carbonyl (C=O) groups is 1. The van der Waals surface area contributed by atoms with Gasteiger partial charge in [0.15, 0.2) is 5.60 Å². The van der Waals surface area contributed by atoms with Crippen LogP contribution in [-0.4, -0.2) is 59.4 Å². The van der Waals surface area contributed by atoms with Crippen molar-refractivity contribution in [2.75, 3.05) is 14.2 Å². The number of Topliss-reactive ketones (excluding diaryl/α,β-unsaturated/α-hetero) is 1. The molecule has 8 heteroatoms. The SMILES string of the molecule is COc1ccc(C2(c3ccc(OC)cc3)C=Cc3c4c(c5c(ccc6ccccc65)c3O2)C2CCC4C2)cc1.O=C1C2CCC(C2)C1c1cccc2ccccc12.OC1C2CCC(C2)C1c1cccc2ccccc12.Oc1cc2c(c3c1ccc1ccccc13)C1CCC2C1.[Br-].[Mg+2].[c-]1cccc2ccccc12. The van der Waals surface area contributed by atoms with Crippen molar-refractivity contribution in [3.8, 4) is 23.0 Å². The minimum Gasteiger partial charge on any atom is -1.00 e. The molecule has 0 radical (unpaired) electrons. The van der Waals surface area contributed by atoms with Crippen LogP contribution in [0.3, 0.4) is 0 Å². The summed E-state index contributed by atoms with van der Waals surface area (Å²) in [4.78, 5) is 12.4. The second-order valence-corrected chi connectivity index (χ2v) is 31.3. The Morgan fingerprint density at radius 3 is 1.53 bits per heavy atom. The Bertz CT molecular complexity index is 5620. The largest absolute Gasteiger partial charge is 2.00 e. The van der Waals surface area contributed by atoms with Crippen molar-refractivity contribution in [3.63, 3.8) is 0 Å². The van der Waals surface area contributed by atoms with Crippen LogP contribution in [0, 0.1) is 29.7 Å². The Hall–Kier alpha value is -9.28. The van der Waals surface area contributed by atoms with Crippen molar-refractivity contribution >= 4 is 110 Å². The molecule has 8 aliphatic carbocycles. The first kappa shape index (κ1) is 70.7. The molecule has 528 valence electrons. The van der Waals surface area contributed by atoms with Gasteiger partial charge in [0.1, 0.15) is 28.8 Å². The molecule has 8 bridgehead atoms. The molecule has 0 saturated heterocycles. The fourth-order valence-corrected chi connectivity index (χ4v) is 21.3. The van der Waals surface area contributed by atoms with Gasteiger partial charge in [0.05, 0.1) is 20.3 Å². The number of aromatic hydroxyl groups is 1. The van der Waals surface area contributed by atoms with E-state index in [1.807, 2.05) is 54.6 Å². The normalized spacial score (nSPS) is 23.5. The van der Waals surface area contributed by atoms with Crippen molar-refractivity contribution in [2.45, 2.75) is 124 Å². The number of ketones is 1. The molecular weight excluding hydrogens is 1390 g/mol. The zero-order valence-electron chi connectivity index (χ0n) is 60.9. The fourth-order valence-electron chi connectivity index (χ4n) is 21.3. The second kappa shape index (κ2) is 29.4. The maximum atomic E-state index is 12.4. The van der Waals surface area contributed by atoms with Crippen LogP contribution in [0.2, 0.25) is 0 Å². The van der Waals surface area contributed by atoms with Crippen LogP contribution in [0.15, 0.2) is 261 Å². The second-order valence-electron chi connectivity index (χ2n) is 31.3. The number of aliphatic hydroxyl groups excluding tert-OH is 1. The minimum absolute atomic E-state index is 0. The summed E-state index contributed by atoms with van der Waals surface area (Å²) in [7, 11) is 3.40. The Labute approximate surface area is 653 Å². The van der Waals surface area contributed by atoms with Crippen molar-refractivity contribution in [3.05, 3.63) is 317 Å². The van der Waals surface area contributed by atoms with E-state index in [0.29, 0.717) is 64.8 Å². The molecule has 6 fully saturated rings. The van der Waals surface area contributed by atoms with Crippen LogP contribution in [0.4, 0.5) is 0 Å².